The van der Waals surface area contributed by atoms with E-state index in [1.165, 1.54) is 0 Å². The average molecular weight is 392 g/mol. The van der Waals surface area contributed by atoms with Gasteiger partial charge in [0.1, 0.15) is 5.75 Å². The van der Waals surface area contributed by atoms with Crippen molar-refractivity contribution >= 4 is 27.6 Å². The number of nitrogens with zero attached hydrogens (tertiary/aromatic N) is 2. The van der Waals surface area contributed by atoms with E-state index in [2.05, 4.69) is 9.12 Å². The number of piperidine rings is 1. The van der Waals surface area contributed by atoms with E-state index in [1.54, 1.807) is 24.5 Å². The Bertz CT molecular complexity index is 929. The third-order valence-electron chi connectivity index (χ3n) is 4.34. The zero-order chi connectivity index (χ0) is 19.8. The van der Waals surface area contributed by atoms with E-state index < -0.39 is 15.6 Å². The second-order valence-corrected chi connectivity index (χ2v) is 9.04. The van der Waals surface area contributed by atoms with E-state index in [1.807, 2.05) is 25.7 Å². The minimum atomic E-state index is -3.83. The van der Waals surface area contributed by atoms with Gasteiger partial charge in [0.2, 0.25) is 5.91 Å². The highest BCUT2D eigenvalue weighted by atomic mass is 32.2. The molecule has 2 aliphatic rings. The Morgan fingerprint density at radius 3 is 2.81 bits per heavy atom. The zero-order valence-corrected chi connectivity index (χ0v) is 16.5. The molecule has 3 N–H and O–H groups in total. The first-order valence-corrected chi connectivity index (χ1v) is 10.2. The number of rotatable bonds is 2. The summed E-state index contributed by atoms with van der Waals surface area (Å²) in [5.74, 6) is 0.393. The van der Waals surface area contributed by atoms with Crippen molar-refractivity contribution in [2.45, 2.75) is 33.6 Å². The van der Waals surface area contributed by atoms with Crippen LogP contribution in [0.4, 0.5) is 5.69 Å². The first-order valence-electron chi connectivity index (χ1n) is 8.72. The van der Waals surface area contributed by atoms with Gasteiger partial charge in [0.15, 0.2) is 5.84 Å². The molecule has 0 aromatic heterocycles. The topological polar surface area (TPSA) is 114 Å². The maximum Gasteiger partial charge on any atom is 0.344 e. The van der Waals surface area contributed by atoms with Gasteiger partial charge in [0.25, 0.3) is 0 Å². The third kappa shape index (κ3) is 4.24. The molecule has 0 aliphatic carbocycles. The number of carbonyl (C=O) groups is 1. The van der Waals surface area contributed by atoms with Crippen LogP contribution in [0.25, 0.3) is 0 Å². The number of carbonyl (C=O) groups excluding carboxylic acids is 1. The number of nitrogens with one attached hydrogen (secondary N) is 1. The highest BCUT2D eigenvalue weighted by Gasteiger charge is 2.29. The summed E-state index contributed by atoms with van der Waals surface area (Å²) in [6.45, 7) is 6.96. The number of likely N-dealkylation sites (tertiary alicyclic amines) is 1. The van der Waals surface area contributed by atoms with Crippen LogP contribution in [0.2, 0.25) is 0 Å². The summed E-state index contributed by atoms with van der Waals surface area (Å²) in [4.78, 5) is 14.3. The number of hydrogen-bond donors (Lipinski definition) is 2. The standard InChI is InChI=1S/C18H24N4O4S/c1-18(2,3)17(23)22-9-5-6-12(10-22)11-26-14-8-4-7-13-15(14)16(19)21-27(24,25)20-13/h4,7-8,11,20H,5-6,9-10H2,1-3H3,(H2,19,21)/b12-11+. The lowest BCUT2D eigenvalue weighted by molar-refractivity contribution is -0.139. The van der Waals surface area contributed by atoms with E-state index in [0.717, 1.165) is 25.0 Å². The van der Waals surface area contributed by atoms with Crippen LogP contribution in [0, 0.1) is 5.41 Å². The molecular formula is C18H24N4O4S. The van der Waals surface area contributed by atoms with Crippen molar-refractivity contribution in [3.63, 3.8) is 0 Å². The molecule has 27 heavy (non-hydrogen) atoms. The maximum atomic E-state index is 12.5. The smallest absolute Gasteiger partial charge is 0.344 e. The van der Waals surface area contributed by atoms with Crippen LogP contribution in [0.5, 0.6) is 5.75 Å². The van der Waals surface area contributed by atoms with Crippen LogP contribution >= 0.6 is 0 Å². The second-order valence-electron chi connectivity index (χ2n) is 7.71. The lowest BCUT2D eigenvalue weighted by Crippen LogP contribution is -2.43. The average Bonchev–Trinajstić information content (AvgIpc) is 2.57. The van der Waals surface area contributed by atoms with Crippen molar-refractivity contribution in [1.29, 1.82) is 0 Å². The molecule has 1 saturated heterocycles. The zero-order valence-electron chi connectivity index (χ0n) is 15.7. The Hall–Kier alpha value is -2.55. The molecule has 1 amide bonds. The van der Waals surface area contributed by atoms with Gasteiger partial charge >= 0.3 is 10.2 Å². The number of fused-ring (bicyclic) bond motifs is 1. The molecule has 1 fully saturated rings. The molecule has 1 aromatic rings. The van der Waals surface area contributed by atoms with Gasteiger partial charge in [-0.15, -0.1) is 4.40 Å². The monoisotopic (exact) mass is 392 g/mol. The van der Waals surface area contributed by atoms with Gasteiger partial charge in [-0.05, 0) is 30.5 Å². The Morgan fingerprint density at radius 2 is 2.11 bits per heavy atom. The van der Waals surface area contributed by atoms with Crippen molar-refractivity contribution < 1.29 is 17.9 Å². The predicted octanol–water partition coefficient (Wildman–Crippen LogP) is 1.99. The van der Waals surface area contributed by atoms with Crippen molar-refractivity contribution in [3.8, 4) is 5.75 Å². The summed E-state index contributed by atoms with van der Waals surface area (Å²) in [5.41, 5.74) is 7.11. The van der Waals surface area contributed by atoms with Crippen LogP contribution in [-0.2, 0) is 15.0 Å². The van der Waals surface area contributed by atoms with Crippen LogP contribution in [0.3, 0.4) is 0 Å². The largest absolute Gasteiger partial charge is 0.464 e. The first-order chi connectivity index (χ1) is 12.6. The Labute approximate surface area is 159 Å². The number of ether oxygens (including phenoxy) is 1. The summed E-state index contributed by atoms with van der Waals surface area (Å²) < 4.78 is 34.9. The van der Waals surface area contributed by atoms with E-state index in [-0.39, 0.29) is 11.7 Å². The third-order valence-corrected chi connectivity index (χ3v) is 5.26. The van der Waals surface area contributed by atoms with Gasteiger partial charge in [-0.1, -0.05) is 26.8 Å². The lowest BCUT2D eigenvalue weighted by atomic mass is 9.93. The van der Waals surface area contributed by atoms with Crippen LogP contribution < -0.4 is 15.2 Å². The van der Waals surface area contributed by atoms with Crippen LogP contribution in [0.1, 0.15) is 39.2 Å². The molecule has 0 bridgehead atoms. The Balaban J connectivity index is 1.80. The predicted molar refractivity (Wildman–Crippen MR) is 104 cm³/mol. The number of anilines is 1. The Kier molecular flexibility index (Phi) is 4.90. The quantitative estimate of drug-likeness (QED) is 0.747. The Morgan fingerprint density at radius 1 is 1.37 bits per heavy atom. The second kappa shape index (κ2) is 6.88. The summed E-state index contributed by atoms with van der Waals surface area (Å²) >= 11 is 0. The van der Waals surface area contributed by atoms with Gasteiger partial charge in [0, 0.05) is 18.5 Å². The number of hydrogen-bond acceptors (Lipinski definition) is 5. The lowest BCUT2D eigenvalue weighted by Gasteiger charge is -2.33. The van der Waals surface area contributed by atoms with Gasteiger partial charge < -0.3 is 15.4 Å². The fraction of sp³-hybridized carbons (Fsp3) is 0.444. The summed E-state index contributed by atoms with van der Waals surface area (Å²) in [7, 11) is -3.83. The van der Waals surface area contributed by atoms with Gasteiger partial charge in [0.05, 0.1) is 17.5 Å². The summed E-state index contributed by atoms with van der Waals surface area (Å²) in [5, 5.41) is 0. The molecule has 1 aromatic carbocycles. The SMILES string of the molecule is CC(C)(C)C(=O)N1CCC/C(=C\Oc2cccc3c2C(N)=NS(=O)(=O)N3)C1. The molecule has 2 heterocycles. The van der Waals surface area contributed by atoms with Crippen molar-refractivity contribution in [2.24, 2.45) is 15.5 Å². The van der Waals surface area contributed by atoms with E-state index in [9.17, 15) is 13.2 Å². The molecule has 8 nitrogen and oxygen atoms in total. The maximum absolute atomic E-state index is 12.5. The molecular weight excluding hydrogens is 368 g/mol. The number of nitrogens with two attached hydrogens (primary N) is 1. The molecule has 0 unspecified atom stereocenters. The fourth-order valence-corrected chi connectivity index (χ4v) is 3.95. The summed E-state index contributed by atoms with van der Waals surface area (Å²) in [6.07, 6.45) is 3.32. The molecule has 146 valence electrons. The van der Waals surface area contributed by atoms with Crippen molar-refractivity contribution in [2.75, 3.05) is 17.8 Å². The molecule has 0 saturated carbocycles. The van der Waals surface area contributed by atoms with E-state index in [4.69, 9.17) is 10.5 Å². The highest BCUT2D eigenvalue weighted by molar-refractivity contribution is 7.91. The molecule has 0 spiro atoms. The number of benzene rings is 1. The first kappa shape index (κ1) is 19.2. The minimum absolute atomic E-state index is 0.107. The highest BCUT2D eigenvalue weighted by Crippen LogP contribution is 2.31. The van der Waals surface area contributed by atoms with Crippen LogP contribution in [-0.4, -0.2) is 38.2 Å². The number of amides is 1. The van der Waals surface area contributed by atoms with Gasteiger partial charge in [-0.2, -0.15) is 8.42 Å². The minimum Gasteiger partial charge on any atom is -0.464 e. The molecule has 2 aliphatic heterocycles. The molecule has 0 radical (unpaired) electrons. The van der Waals surface area contributed by atoms with E-state index in [0.29, 0.717) is 23.5 Å². The van der Waals surface area contributed by atoms with Crippen molar-refractivity contribution in [1.82, 2.24) is 4.90 Å². The molecule has 9 heteroatoms. The number of amidine groups is 1. The van der Waals surface area contributed by atoms with Crippen molar-refractivity contribution in [3.05, 3.63) is 35.6 Å². The molecule has 3 rings (SSSR count). The molecule has 0 atom stereocenters. The van der Waals surface area contributed by atoms with Crippen LogP contribution in [0.15, 0.2) is 34.4 Å². The van der Waals surface area contributed by atoms with Gasteiger partial charge in [-0.25, -0.2) is 0 Å². The summed E-state index contributed by atoms with van der Waals surface area (Å²) in [6, 6.07) is 4.96. The van der Waals surface area contributed by atoms with E-state index >= 15 is 0 Å². The normalized spacial score (nSPS) is 20.5. The fourth-order valence-electron chi connectivity index (χ4n) is 3.11. The van der Waals surface area contributed by atoms with Gasteiger partial charge in [-0.3, -0.25) is 9.52 Å².